The number of carbonyl (C=O) groups excluding carboxylic acids is 3. The second-order valence-electron chi connectivity index (χ2n) is 7.23. The van der Waals surface area contributed by atoms with Crippen LogP contribution in [0.3, 0.4) is 0 Å². The Labute approximate surface area is 187 Å². The Morgan fingerprint density at radius 3 is 2.66 bits per heavy atom. The first-order valence-electron chi connectivity index (χ1n) is 9.76. The number of amides is 3. The van der Waals surface area contributed by atoms with Gasteiger partial charge in [0.1, 0.15) is 5.82 Å². The Hall–Kier alpha value is -3.67. The minimum Gasteiger partial charge on any atom is -0.369 e. The maximum Gasteiger partial charge on any atom is 0.283 e. The standard InChI is InChI=1S/C20H22N6O5S/c21-19(28)12-3-5-16(15(8-12)26(30)31)32-11-18(27)24-14-4-6-17(23-9-14)25-7-1-2-13(10-25)20(22)29/h3-6,8-9,13H,1-2,7,10-11H2,(H2,21,28)(H2,22,29)(H,24,27). The molecule has 0 bridgehead atoms. The fourth-order valence-corrected chi connectivity index (χ4v) is 4.14. The molecule has 1 saturated heterocycles. The molecule has 1 fully saturated rings. The largest absolute Gasteiger partial charge is 0.369 e. The number of pyridine rings is 1. The molecule has 1 unspecified atom stereocenters. The number of thioether (sulfide) groups is 1. The summed E-state index contributed by atoms with van der Waals surface area (Å²) < 4.78 is 0. The van der Waals surface area contributed by atoms with E-state index in [1.54, 1.807) is 12.1 Å². The van der Waals surface area contributed by atoms with Crippen molar-refractivity contribution in [3.8, 4) is 0 Å². The Morgan fingerprint density at radius 2 is 2.03 bits per heavy atom. The zero-order chi connectivity index (χ0) is 23.3. The van der Waals surface area contributed by atoms with Crippen LogP contribution in [0.2, 0.25) is 0 Å². The first-order chi connectivity index (χ1) is 15.2. The number of carbonyl (C=O) groups is 3. The number of hydrogen-bond donors (Lipinski definition) is 3. The van der Waals surface area contributed by atoms with E-state index >= 15 is 0 Å². The average molecular weight is 459 g/mol. The van der Waals surface area contributed by atoms with E-state index in [-0.39, 0.29) is 39.6 Å². The SMILES string of the molecule is NC(=O)c1ccc(SCC(=O)Nc2ccc(N3CCCC(C(N)=O)C3)nc2)c([N+](=O)[O-])c1. The van der Waals surface area contributed by atoms with E-state index in [2.05, 4.69) is 10.3 Å². The topological polar surface area (TPSA) is 175 Å². The normalized spacial score (nSPS) is 15.8. The highest BCUT2D eigenvalue weighted by Crippen LogP contribution is 2.30. The molecule has 1 aromatic carbocycles. The van der Waals surface area contributed by atoms with E-state index in [4.69, 9.17) is 11.5 Å². The van der Waals surface area contributed by atoms with E-state index in [1.807, 2.05) is 4.90 Å². The van der Waals surface area contributed by atoms with Crippen LogP contribution in [0.25, 0.3) is 0 Å². The van der Waals surface area contributed by atoms with Gasteiger partial charge in [-0.3, -0.25) is 24.5 Å². The van der Waals surface area contributed by atoms with Crippen LogP contribution >= 0.6 is 11.8 Å². The summed E-state index contributed by atoms with van der Waals surface area (Å²) in [5.74, 6) is -1.06. The lowest BCUT2D eigenvalue weighted by Gasteiger charge is -2.32. The van der Waals surface area contributed by atoms with Gasteiger partial charge in [-0.2, -0.15) is 0 Å². The third-order valence-corrected chi connectivity index (χ3v) is 6.04. The van der Waals surface area contributed by atoms with Crippen molar-refractivity contribution in [2.45, 2.75) is 17.7 Å². The molecule has 1 aliphatic rings. The van der Waals surface area contributed by atoms with Gasteiger partial charge >= 0.3 is 0 Å². The number of primary amides is 2. The number of anilines is 2. The molecule has 1 aromatic heterocycles. The first-order valence-corrected chi connectivity index (χ1v) is 10.7. The van der Waals surface area contributed by atoms with Gasteiger partial charge in [-0.1, -0.05) is 0 Å². The third kappa shape index (κ3) is 5.72. The van der Waals surface area contributed by atoms with Gasteiger partial charge in [-0.25, -0.2) is 4.98 Å². The minimum absolute atomic E-state index is 0.0209. The fraction of sp³-hybridized carbons (Fsp3) is 0.300. The molecule has 12 heteroatoms. The van der Waals surface area contributed by atoms with Crippen LogP contribution in [-0.2, 0) is 9.59 Å². The van der Waals surface area contributed by atoms with Crippen molar-refractivity contribution in [1.29, 1.82) is 0 Å². The second-order valence-corrected chi connectivity index (χ2v) is 8.25. The molecular formula is C20H22N6O5S. The van der Waals surface area contributed by atoms with E-state index in [1.165, 1.54) is 18.3 Å². The molecule has 2 aromatic rings. The van der Waals surface area contributed by atoms with Gasteiger partial charge in [-0.05, 0) is 37.1 Å². The van der Waals surface area contributed by atoms with Gasteiger partial charge in [0.25, 0.3) is 5.69 Å². The van der Waals surface area contributed by atoms with Crippen LogP contribution in [0.5, 0.6) is 0 Å². The number of piperidine rings is 1. The van der Waals surface area contributed by atoms with Crippen LogP contribution in [0.15, 0.2) is 41.4 Å². The number of benzene rings is 1. The predicted octanol–water partition coefficient (Wildman–Crippen LogP) is 1.52. The Balaban J connectivity index is 1.58. The van der Waals surface area contributed by atoms with Crippen molar-refractivity contribution in [2.75, 3.05) is 29.1 Å². The highest BCUT2D eigenvalue weighted by atomic mass is 32.2. The molecular weight excluding hydrogens is 436 g/mol. The van der Waals surface area contributed by atoms with Crippen LogP contribution in [0, 0.1) is 16.0 Å². The molecule has 168 valence electrons. The highest BCUT2D eigenvalue weighted by Gasteiger charge is 2.24. The summed E-state index contributed by atoms with van der Waals surface area (Å²) in [6, 6.07) is 7.31. The molecule has 0 aliphatic carbocycles. The molecule has 0 radical (unpaired) electrons. The maximum absolute atomic E-state index is 12.3. The molecule has 0 saturated carbocycles. The number of nitro groups is 1. The van der Waals surface area contributed by atoms with Gasteiger partial charge < -0.3 is 21.7 Å². The number of rotatable bonds is 8. The maximum atomic E-state index is 12.3. The summed E-state index contributed by atoms with van der Waals surface area (Å²) in [4.78, 5) is 52.2. The van der Waals surface area contributed by atoms with E-state index in [0.29, 0.717) is 18.1 Å². The lowest BCUT2D eigenvalue weighted by atomic mass is 9.97. The van der Waals surface area contributed by atoms with Crippen molar-refractivity contribution in [3.63, 3.8) is 0 Å². The van der Waals surface area contributed by atoms with Crippen molar-refractivity contribution in [2.24, 2.45) is 17.4 Å². The van der Waals surface area contributed by atoms with E-state index < -0.39 is 10.8 Å². The van der Waals surface area contributed by atoms with Gasteiger partial charge in [0, 0.05) is 24.7 Å². The summed E-state index contributed by atoms with van der Waals surface area (Å²) in [5, 5.41) is 13.9. The van der Waals surface area contributed by atoms with Crippen LogP contribution < -0.4 is 21.7 Å². The molecule has 11 nitrogen and oxygen atoms in total. The summed E-state index contributed by atoms with van der Waals surface area (Å²) in [6.07, 6.45) is 3.12. The van der Waals surface area contributed by atoms with Crippen LogP contribution in [0.1, 0.15) is 23.2 Å². The van der Waals surface area contributed by atoms with E-state index in [9.17, 15) is 24.5 Å². The smallest absolute Gasteiger partial charge is 0.283 e. The quantitative estimate of drug-likeness (QED) is 0.303. The van der Waals surface area contributed by atoms with Crippen LogP contribution in [0.4, 0.5) is 17.2 Å². The van der Waals surface area contributed by atoms with Gasteiger partial charge in [-0.15, -0.1) is 11.8 Å². The zero-order valence-electron chi connectivity index (χ0n) is 17.0. The first kappa shape index (κ1) is 23.0. The number of nitro benzene ring substituents is 1. The van der Waals surface area contributed by atoms with E-state index in [0.717, 1.165) is 37.2 Å². The monoisotopic (exact) mass is 458 g/mol. The number of hydrogen-bond acceptors (Lipinski definition) is 8. The van der Waals surface area contributed by atoms with Crippen molar-refractivity contribution in [1.82, 2.24) is 4.98 Å². The van der Waals surface area contributed by atoms with Crippen molar-refractivity contribution in [3.05, 3.63) is 52.2 Å². The van der Waals surface area contributed by atoms with Gasteiger partial charge in [0.15, 0.2) is 0 Å². The summed E-state index contributed by atoms with van der Waals surface area (Å²) in [7, 11) is 0. The predicted molar refractivity (Wildman–Crippen MR) is 119 cm³/mol. The Morgan fingerprint density at radius 1 is 1.25 bits per heavy atom. The fourth-order valence-electron chi connectivity index (χ4n) is 3.34. The third-order valence-electron chi connectivity index (χ3n) is 4.98. The van der Waals surface area contributed by atoms with Crippen molar-refractivity contribution < 1.29 is 19.3 Å². The lowest BCUT2D eigenvalue weighted by Crippen LogP contribution is -2.41. The molecule has 3 rings (SSSR count). The summed E-state index contributed by atoms with van der Waals surface area (Å²) >= 11 is 0.974. The number of nitrogens with two attached hydrogens (primary N) is 2. The number of nitrogens with one attached hydrogen (secondary N) is 1. The molecule has 5 N–H and O–H groups in total. The van der Waals surface area contributed by atoms with Crippen LogP contribution in [-0.4, -0.2) is 46.5 Å². The lowest BCUT2D eigenvalue weighted by molar-refractivity contribution is -0.387. The van der Waals surface area contributed by atoms with Gasteiger partial charge in [0.05, 0.1) is 33.4 Å². The minimum atomic E-state index is -0.770. The molecule has 32 heavy (non-hydrogen) atoms. The number of aromatic nitrogens is 1. The molecule has 3 amide bonds. The van der Waals surface area contributed by atoms with Gasteiger partial charge in [0.2, 0.25) is 17.7 Å². The molecule has 1 aliphatic heterocycles. The molecule has 1 atom stereocenters. The average Bonchev–Trinajstić information content (AvgIpc) is 2.78. The second kappa shape index (κ2) is 10.1. The molecule has 0 spiro atoms. The van der Waals surface area contributed by atoms with Crippen molar-refractivity contribution >= 4 is 46.7 Å². The molecule has 2 heterocycles. The summed E-state index contributed by atoms with van der Waals surface area (Å²) in [5.41, 5.74) is 10.8. The Kier molecular flexibility index (Phi) is 7.25. The number of nitrogens with zero attached hydrogens (tertiary/aromatic N) is 3. The summed E-state index contributed by atoms with van der Waals surface area (Å²) in [6.45, 7) is 1.28. The highest BCUT2D eigenvalue weighted by molar-refractivity contribution is 8.00. The Bertz CT molecular complexity index is 1050. The zero-order valence-corrected chi connectivity index (χ0v) is 17.8.